The topological polar surface area (TPSA) is 56.1 Å². The number of benzene rings is 3. The fourth-order valence-corrected chi connectivity index (χ4v) is 3.94. The highest BCUT2D eigenvalue weighted by Crippen LogP contribution is 2.24. The first-order chi connectivity index (χ1) is 15.5. The van der Waals surface area contributed by atoms with Crippen LogP contribution in [0.25, 0.3) is 16.8 Å². The molecule has 0 saturated carbocycles. The standard InChI is InChI=1S/C27H27N3O2/c1-19-14-20(2)16-23(15-19)21-8-10-24(11-9-21)30-18-28-17-25(30)27(31)29-13-12-22-6-4-5-7-26(22)32-3/h4-11,14-18H,12-13H2,1-3H3,(H,29,31). The Labute approximate surface area is 188 Å². The average molecular weight is 426 g/mol. The number of amides is 1. The van der Waals surface area contributed by atoms with E-state index in [9.17, 15) is 4.79 Å². The van der Waals surface area contributed by atoms with Crippen LogP contribution in [0.3, 0.4) is 0 Å². The van der Waals surface area contributed by atoms with Gasteiger partial charge in [0.05, 0.1) is 19.6 Å². The van der Waals surface area contributed by atoms with Gasteiger partial charge in [-0.25, -0.2) is 4.98 Å². The number of aromatic nitrogens is 2. The monoisotopic (exact) mass is 425 g/mol. The van der Waals surface area contributed by atoms with Crippen molar-refractivity contribution < 1.29 is 9.53 Å². The molecule has 32 heavy (non-hydrogen) atoms. The number of methoxy groups -OCH3 is 1. The van der Waals surface area contributed by atoms with Crippen molar-refractivity contribution in [3.8, 4) is 22.6 Å². The van der Waals surface area contributed by atoms with Crippen molar-refractivity contribution in [2.45, 2.75) is 20.3 Å². The highest BCUT2D eigenvalue weighted by molar-refractivity contribution is 5.93. The van der Waals surface area contributed by atoms with Gasteiger partial charge in [0.15, 0.2) is 0 Å². The van der Waals surface area contributed by atoms with Gasteiger partial charge in [0.25, 0.3) is 5.91 Å². The number of para-hydroxylation sites is 1. The molecule has 0 unspecified atom stereocenters. The van der Waals surface area contributed by atoms with Crippen molar-refractivity contribution >= 4 is 5.91 Å². The van der Waals surface area contributed by atoms with Crippen molar-refractivity contribution in [3.05, 3.63) is 102 Å². The summed E-state index contributed by atoms with van der Waals surface area (Å²) in [7, 11) is 1.65. The number of carbonyl (C=O) groups is 1. The quantitative estimate of drug-likeness (QED) is 0.446. The summed E-state index contributed by atoms with van der Waals surface area (Å²) in [6.07, 6.45) is 3.95. The van der Waals surface area contributed by atoms with E-state index in [1.54, 1.807) is 19.6 Å². The van der Waals surface area contributed by atoms with Crippen LogP contribution in [0.4, 0.5) is 0 Å². The van der Waals surface area contributed by atoms with Crippen LogP contribution < -0.4 is 10.1 Å². The molecule has 4 aromatic rings. The Morgan fingerprint density at radius 2 is 1.69 bits per heavy atom. The number of nitrogens with zero attached hydrogens (tertiary/aromatic N) is 2. The summed E-state index contributed by atoms with van der Waals surface area (Å²) in [5.74, 6) is 0.673. The Kier molecular flexibility index (Phi) is 6.36. The minimum absolute atomic E-state index is 0.157. The van der Waals surface area contributed by atoms with Gasteiger partial charge in [-0.2, -0.15) is 0 Å². The lowest BCUT2D eigenvalue weighted by molar-refractivity contribution is 0.0947. The van der Waals surface area contributed by atoms with Gasteiger partial charge in [-0.1, -0.05) is 59.7 Å². The Bertz CT molecular complexity index is 1210. The average Bonchev–Trinajstić information content (AvgIpc) is 3.29. The molecule has 3 aromatic carbocycles. The number of nitrogens with one attached hydrogen (secondary N) is 1. The predicted octanol–water partition coefficient (Wildman–Crippen LogP) is 5.14. The largest absolute Gasteiger partial charge is 0.496 e. The molecule has 0 radical (unpaired) electrons. The highest BCUT2D eigenvalue weighted by Gasteiger charge is 2.13. The molecular weight excluding hydrogens is 398 g/mol. The SMILES string of the molecule is COc1ccccc1CCNC(=O)c1cncn1-c1ccc(-c2cc(C)cc(C)c2)cc1. The highest BCUT2D eigenvalue weighted by atomic mass is 16.5. The number of rotatable bonds is 7. The molecule has 0 saturated heterocycles. The van der Waals surface area contributed by atoms with E-state index in [2.05, 4.69) is 54.5 Å². The molecular formula is C27H27N3O2. The molecule has 1 heterocycles. The van der Waals surface area contributed by atoms with Gasteiger partial charge < -0.3 is 10.1 Å². The summed E-state index contributed by atoms with van der Waals surface area (Å²) >= 11 is 0. The van der Waals surface area contributed by atoms with Crippen molar-refractivity contribution in [2.75, 3.05) is 13.7 Å². The molecule has 162 valence electrons. The molecule has 1 amide bonds. The smallest absolute Gasteiger partial charge is 0.269 e. The van der Waals surface area contributed by atoms with Gasteiger partial charge in [-0.05, 0) is 55.2 Å². The number of ether oxygens (including phenoxy) is 1. The molecule has 5 nitrogen and oxygen atoms in total. The molecule has 0 aliphatic rings. The van der Waals surface area contributed by atoms with Gasteiger partial charge >= 0.3 is 0 Å². The maximum atomic E-state index is 12.8. The van der Waals surface area contributed by atoms with Crippen molar-refractivity contribution in [1.29, 1.82) is 0 Å². The van der Waals surface area contributed by atoms with Crippen LogP contribution >= 0.6 is 0 Å². The first kappa shape index (κ1) is 21.4. The second kappa shape index (κ2) is 9.52. The zero-order chi connectivity index (χ0) is 22.5. The Morgan fingerprint density at radius 3 is 2.41 bits per heavy atom. The second-order valence-electron chi connectivity index (χ2n) is 7.89. The van der Waals surface area contributed by atoms with Crippen LogP contribution in [-0.2, 0) is 6.42 Å². The zero-order valence-electron chi connectivity index (χ0n) is 18.6. The predicted molar refractivity (Wildman–Crippen MR) is 128 cm³/mol. The van der Waals surface area contributed by atoms with Crippen LogP contribution in [0.15, 0.2) is 79.3 Å². The first-order valence-corrected chi connectivity index (χ1v) is 10.7. The van der Waals surface area contributed by atoms with Gasteiger partial charge in [0.1, 0.15) is 11.4 Å². The maximum Gasteiger partial charge on any atom is 0.269 e. The lowest BCUT2D eigenvalue weighted by atomic mass is 10.0. The third-order valence-corrected chi connectivity index (χ3v) is 5.44. The van der Waals surface area contributed by atoms with E-state index >= 15 is 0 Å². The van der Waals surface area contributed by atoms with Gasteiger partial charge in [-0.15, -0.1) is 0 Å². The first-order valence-electron chi connectivity index (χ1n) is 10.7. The minimum atomic E-state index is -0.157. The van der Waals surface area contributed by atoms with E-state index in [4.69, 9.17) is 4.74 Å². The molecule has 1 N–H and O–H groups in total. The normalized spacial score (nSPS) is 10.7. The molecule has 0 aliphatic carbocycles. The summed E-state index contributed by atoms with van der Waals surface area (Å²) in [4.78, 5) is 17.0. The van der Waals surface area contributed by atoms with Crippen LogP contribution in [0.5, 0.6) is 5.75 Å². The van der Waals surface area contributed by atoms with E-state index in [1.165, 1.54) is 16.7 Å². The summed E-state index contributed by atoms with van der Waals surface area (Å²) in [5, 5.41) is 2.99. The molecule has 0 atom stereocenters. The number of hydrogen-bond acceptors (Lipinski definition) is 3. The number of carbonyl (C=O) groups excluding carboxylic acids is 1. The number of imidazole rings is 1. The summed E-state index contributed by atoms with van der Waals surface area (Å²) in [5.41, 5.74) is 7.27. The van der Waals surface area contributed by atoms with Crippen LogP contribution in [0, 0.1) is 13.8 Å². The molecule has 0 bridgehead atoms. The summed E-state index contributed by atoms with van der Waals surface area (Å²) in [6.45, 7) is 4.72. The lowest BCUT2D eigenvalue weighted by Gasteiger charge is -2.11. The van der Waals surface area contributed by atoms with E-state index < -0.39 is 0 Å². The van der Waals surface area contributed by atoms with Crippen LogP contribution in [0.1, 0.15) is 27.2 Å². The Morgan fingerprint density at radius 1 is 0.969 bits per heavy atom. The fraction of sp³-hybridized carbons (Fsp3) is 0.185. The molecule has 5 heteroatoms. The van der Waals surface area contributed by atoms with Crippen LogP contribution in [0.2, 0.25) is 0 Å². The van der Waals surface area contributed by atoms with Crippen molar-refractivity contribution in [3.63, 3.8) is 0 Å². The molecule has 0 spiro atoms. The Balaban J connectivity index is 1.46. The van der Waals surface area contributed by atoms with E-state index in [0.717, 1.165) is 22.6 Å². The van der Waals surface area contributed by atoms with E-state index in [-0.39, 0.29) is 5.91 Å². The van der Waals surface area contributed by atoms with Gasteiger partial charge in [0, 0.05) is 12.2 Å². The molecule has 0 aliphatic heterocycles. The van der Waals surface area contributed by atoms with Crippen molar-refractivity contribution in [2.24, 2.45) is 0 Å². The summed E-state index contributed by atoms with van der Waals surface area (Å²) in [6, 6.07) is 22.5. The van der Waals surface area contributed by atoms with E-state index in [0.29, 0.717) is 18.7 Å². The second-order valence-corrected chi connectivity index (χ2v) is 7.89. The Hall–Kier alpha value is -3.86. The van der Waals surface area contributed by atoms with Crippen molar-refractivity contribution in [1.82, 2.24) is 14.9 Å². The zero-order valence-corrected chi connectivity index (χ0v) is 18.6. The molecule has 0 fully saturated rings. The fourth-order valence-electron chi connectivity index (χ4n) is 3.94. The number of hydrogen-bond donors (Lipinski definition) is 1. The van der Waals surface area contributed by atoms with Gasteiger partial charge in [0.2, 0.25) is 0 Å². The minimum Gasteiger partial charge on any atom is -0.496 e. The molecule has 4 rings (SSSR count). The van der Waals surface area contributed by atoms with Gasteiger partial charge in [-0.3, -0.25) is 9.36 Å². The maximum absolute atomic E-state index is 12.8. The lowest BCUT2D eigenvalue weighted by Crippen LogP contribution is -2.27. The number of aryl methyl sites for hydroxylation is 2. The third kappa shape index (κ3) is 4.72. The third-order valence-electron chi connectivity index (χ3n) is 5.44. The molecule has 1 aromatic heterocycles. The van der Waals surface area contributed by atoms with Crippen LogP contribution in [-0.4, -0.2) is 29.1 Å². The van der Waals surface area contributed by atoms with E-state index in [1.807, 2.05) is 41.0 Å². The summed E-state index contributed by atoms with van der Waals surface area (Å²) < 4.78 is 7.19.